The second-order valence-electron chi connectivity index (χ2n) is 5.43. The molecule has 6 nitrogen and oxygen atoms in total. The molecule has 0 spiro atoms. The molecule has 2 aromatic heterocycles. The lowest BCUT2D eigenvalue weighted by Crippen LogP contribution is -2.17. The molecule has 0 radical (unpaired) electrons. The monoisotopic (exact) mass is 395 g/mol. The Balaban J connectivity index is 1.86. The van der Waals surface area contributed by atoms with E-state index in [0.717, 1.165) is 17.0 Å². The fraction of sp³-hybridized carbons (Fsp3) is 0.250. The van der Waals surface area contributed by atoms with E-state index < -0.39 is 0 Å². The van der Waals surface area contributed by atoms with Crippen LogP contribution in [0.15, 0.2) is 23.4 Å². The molecule has 0 aliphatic carbocycles. The largest absolute Gasteiger partial charge is 0.326 e. The normalized spacial score (nSPS) is 11.1. The summed E-state index contributed by atoms with van der Waals surface area (Å²) in [5.74, 6) is 0.365. The van der Waals surface area contributed by atoms with Gasteiger partial charge in [0.15, 0.2) is 0 Å². The van der Waals surface area contributed by atoms with E-state index in [2.05, 4.69) is 20.4 Å². The van der Waals surface area contributed by atoms with E-state index >= 15 is 0 Å². The minimum atomic E-state index is -0.170. The highest BCUT2D eigenvalue weighted by Gasteiger charge is 2.16. The Kier molecular flexibility index (Phi) is 5.17. The van der Waals surface area contributed by atoms with Gasteiger partial charge in [-0.2, -0.15) is 4.98 Å². The van der Waals surface area contributed by atoms with Gasteiger partial charge >= 0.3 is 0 Å². The van der Waals surface area contributed by atoms with Crippen molar-refractivity contribution in [2.75, 3.05) is 11.6 Å². The van der Waals surface area contributed by atoms with Crippen LogP contribution in [0.4, 0.5) is 5.69 Å². The average molecular weight is 396 g/mol. The van der Waals surface area contributed by atoms with Crippen molar-refractivity contribution in [2.24, 2.45) is 0 Å². The highest BCUT2D eigenvalue weighted by atomic mass is 35.5. The number of anilines is 1. The van der Waals surface area contributed by atoms with Crippen LogP contribution < -0.4 is 5.32 Å². The first kappa shape index (κ1) is 18.0. The summed E-state index contributed by atoms with van der Waals surface area (Å²) in [5.41, 5.74) is 3.02. The fourth-order valence-electron chi connectivity index (χ4n) is 2.47. The molecule has 0 aliphatic heterocycles. The van der Waals surface area contributed by atoms with Crippen LogP contribution in [0, 0.1) is 13.8 Å². The van der Waals surface area contributed by atoms with Crippen LogP contribution in [0.3, 0.4) is 0 Å². The molecular weight excluding hydrogens is 381 g/mol. The number of hydrogen-bond acceptors (Lipinski definition) is 5. The van der Waals surface area contributed by atoms with Crippen molar-refractivity contribution < 1.29 is 4.79 Å². The number of carbonyl (C=O) groups excluding carboxylic acids is 1. The van der Waals surface area contributed by atoms with Gasteiger partial charge in [0.2, 0.25) is 11.1 Å². The first-order chi connectivity index (χ1) is 11.9. The van der Waals surface area contributed by atoms with Crippen molar-refractivity contribution in [3.05, 3.63) is 45.2 Å². The molecule has 1 N–H and O–H groups in total. The zero-order valence-corrected chi connectivity index (χ0v) is 16.1. The molecule has 0 atom stereocenters. The van der Waals surface area contributed by atoms with Crippen LogP contribution in [0.5, 0.6) is 0 Å². The van der Waals surface area contributed by atoms with Crippen molar-refractivity contribution in [3.8, 4) is 0 Å². The molecular formula is C16H15Cl2N5OS. The highest BCUT2D eigenvalue weighted by molar-refractivity contribution is 7.98. The van der Waals surface area contributed by atoms with Gasteiger partial charge in [0.05, 0.1) is 16.5 Å². The van der Waals surface area contributed by atoms with E-state index in [1.54, 1.807) is 22.7 Å². The lowest BCUT2D eigenvalue weighted by molar-refractivity contribution is -0.115. The Morgan fingerprint density at radius 3 is 2.68 bits per heavy atom. The molecule has 1 aromatic carbocycles. The molecule has 9 heteroatoms. The number of aromatic nitrogens is 4. The zero-order chi connectivity index (χ0) is 18.1. The van der Waals surface area contributed by atoms with Crippen LogP contribution in [-0.4, -0.2) is 31.7 Å². The zero-order valence-electron chi connectivity index (χ0n) is 13.8. The molecule has 130 valence electrons. The molecule has 3 rings (SSSR count). The Labute approximate surface area is 158 Å². The number of thioether (sulfide) groups is 1. The van der Waals surface area contributed by atoms with Crippen molar-refractivity contribution in [1.82, 2.24) is 19.6 Å². The SMILES string of the molecule is CSc1nc2nc(C)c(CC(=O)Nc3ccc(Cl)c(Cl)c3)c(C)n2n1. The Hall–Kier alpha value is -1.83. The Morgan fingerprint density at radius 1 is 1.24 bits per heavy atom. The van der Waals surface area contributed by atoms with Crippen molar-refractivity contribution in [2.45, 2.75) is 25.4 Å². The number of fused-ring (bicyclic) bond motifs is 1. The lowest BCUT2D eigenvalue weighted by Gasteiger charge is -2.11. The van der Waals surface area contributed by atoms with E-state index in [-0.39, 0.29) is 12.3 Å². The maximum atomic E-state index is 12.4. The quantitative estimate of drug-likeness (QED) is 0.676. The van der Waals surface area contributed by atoms with Crippen LogP contribution in [0.1, 0.15) is 17.0 Å². The molecule has 0 bridgehead atoms. The Bertz CT molecular complexity index is 973. The highest BCUT2D eigenvalue weighted by Crippen LogP contribution is 2.25. The number of carbonyl (C=O) groups is 1. The van der Waals surface area contributed by atoms with Gasteiger partial charge < -0.3 is 5.32 Å². The average Bonchev–Trinajstić information content (AvgIpc) is 2.98. The Morgan fingerprint density at radius 2 is 2.00 bits per heavy atom. The summed E-state index contributed by atoms with van der Waals surface area (Å²) < 4.78 is 1.67. The van der Waals surface area contributed by atoms with Crippen molar-refractivity contribution in [3.63, 3.8) is 0 Å². The second kappa shape index (κ2) is 7.19. The number of rotatable bonds is 4. The van der Waals surface area contributed by atoms with Gasteiger partial charge in [0, 0.05) is 22.6 Å². The van der Waals surface area contributed by atoms with Crippen LogP contribution in [-0.2, 0) is 11.2 Å². The first-order valence-corrected chi connectivity index (χ1v) is 9.39. The van der Waals surface area contributed by atoms with E-state index in [9.17, 15) is 4.79 Å². The molecule has 0 fully saturated rings. The minimum Gasteiger partial charge on any atom is -0.326 e. The summed E-state index contributed by atoms with van der Waals surface area (Å²) in [6, 6.07) is 4.96. The molecule has 0 saturated carbocycles. The van der Waals surface area contributed by atoms with Gasteiger partial charge in [-0.15, -0.1) is 5.10 Å². The van der Waals surface area contributed by atoms with E-state index in [4.69, 9.17) is 23.2 Å². The summed E-state index contributed by atoms with van der Waals surface area (Å²) in [4.78, 5) is 21.2. The van der Waals surface area contributed by atoms with Crippen LogP contribution >= 0.6 is 35.0 Å². The molecule has 3 aromatic rings. The third-order valence-electron chi connectivity index (χ3n) is 3.75. The van der Waals surface area contributed by atoms with Gasteiger partial charge in [-0.05, 0) is 38.3 Å². The number of halogens is 2. The van der Waals surface area contributed by atoms with Crippen molar-refractivity contribution in [1.29, 1.82) is 0 Å². The van der Waals surface area contributed by atoms with Gasteiger partial charge in [-0.25, -0.2) is 9.50 Å². The first-order valence-electron chi connectivity index (χ1n) is 7.40. The predicted molar refractivity (Wildman–Crippen MR) is 101 cm³/mol. The van der Waals surface area contributed by atoms with E-state index in [1.807, 2.05) is 20.1 Å². The molecule has 0 aliphatic rings. The molecule has 0 unspecified atom stereocenters. The van der Waals surface area contributed by atoms with Gasteiger partial charge in [0.25, 0.3) is 5.78 Å². The number of nitrogens with one attached hydrogen (secondary N) is 1. The van der Waals surface area contributed by atoms with E-state index in [0.29, 0.717) is 26.7 Å². The van der Waals surface area contributed by atoms with Crippen LogP contribution in [0.2, 0.25) is 10.0 Å². The topological polar surface area (TPSA) is 72.2 Å². The molecule has 0 saturated heterocycles. The maximum absolute atomic E-state index is 12.4. The van der Waals surface area contributed by atoms with Gasteiger partial charge in [-0.1, -0.05) is 35.0 Å². The van der Waals surface area contributed by atoms with Crippen LogP contribution in [0.25, 0.3) is 5.78 Å². The number of aryl methyl sites for hydroxylation is 2. The number of benzene rings is 1. The fourth-order valence-corrected chi connectivity index (χ4v) is 3.11. The summed E-state index contributed by atoms with van der Waals surface area (Å²) in [6.07, 6.45) is 2.08. The molecule has 25 heavy (non-hydrogen) atoms. The second-order valence-corrected chi connectivity index (χ2v) is 7.01. The van der Waals surface area contributed by atoms with E-state index in [1.165, 1.54) is 11.8 Å². The molecule has 1 amide bonds. The number of hydrogen-bond donors (Lipinski definition) is 1. The standard InChI is InChI=1S/C16H15Cl2N5OS/c1-8-11(9(2)23-15(19-8)21-16(22-23)25-3)7-14(24)20-10-4-5-12(17)13(18)6-10/h4-6H,7H2,1-3H3,(H,20,24). The smallest absolute Gasteiger partial charge is 0.253 e. The lowest BCUT2D eigenvalue weighted by atomic mass is 10.1. The van der Waals surface area contributed by atoms with Crippen molar-refractivity contribution >= 4 is 52.3 Å². The minimum absolute atomic E-state index is 0.170. The number of nitrogens with zero attached hydrogens (tertiary/aromatic N) is 4. The summed E-state index contributed by atoms with van der Waals surface area (Å²) >= 11 is 13.3. The predicted octanol–water partition coefficient (Wildman–Crippen LogP) is 3.95. The maximum Gasteiger partial charge on any atom is 0.253 e. The summed E-state index contributed by atoms with van der Waals surface area (Å²) in [6.45, 7) is 3.77. The van der Waals surface area contributed by atoms with Gasteiger partial charge in [0.1, 0.15) is 0 Å². The third kappa shape index (κ3) is 3.73. The third-order valence-corrected chi connectivity index (χ3v) is 5.03. The number of amides is 1. The molecule has 2 heterocycles. The van der Waals surface area contributed by atoms with Gasteiger partial charge in [-0.3, -0.25) is 4.79 Å². The summed E-state index contributed by atoms with van der Waals surface area (Å²) in [7, 11) is 0. The summed E-state index contributed by atoms with van der Waals surface area (Å²) in [5, 5.41) is 8.68.